The van der Waals surface area contributed by atoms with Gasteiger partial charge in [0.05, 0.1) is 11.1 Å². The number of nitrogens with zero attached hydrogens (tertiary/aromatic N) is 1. The van der Waals surface area contributed by atoms with Crippen LogP contribution in [0.1, 0.15) is 40.7 Å². The molecule has 0 saturated carbocycles. The van der Waals surface area contributed by atoms with Crippen molar-refractivity contribution in [2.24, 2.45) is 0 Å². The molecule has 2 heteroatoms. The fourth-order valence-electron chi connectivity index (χ4n) is 7.15. The highest BCUT2D eigenvalue weighted by atomic mass is 32.2. The first-order chi connectivity index (χ1) is 21.8. The predicted octanol–water partition coefficient (Wildman–Crippen LogP) is 11.2. The normalized spacial score (nSPS) is 16.4. The van der Waals surface area contributed by atoms with Gasteiger partial charge in [-0.25, -0.2) is 0 Å². The molecule has 0 fully saturated rings. The third kappa shape index (κ3) is 4.11. The van der Waals surface area contributed by atoms with Crippen molar-refractivity contribution >= 4 is 28.7 Å². The second-order valence-electron chi connectivity index (χ2n) is 11.4. The summed E-state index contributed by atoms with van der Waals surface area (Å²) in [7, 11) is 0. The molecular formula is C42H31NS. The standard InChI is InChI=1S/C42H31NS/c1-30-15-11-12-28-44-41-35(30)24-14-27-40(41)42(38-25-9-7-22-36(38)37-23-8-10-26-39(37)42)31-16-13-21-34(29-31)43(33-19-5-6-20-33)32-17-3-2-4-18-32/h2-10,12-14,16-19,21-29H,1,11,15H2/b28-12-. The quantitative estimate of drug-likeness (QED) is 0.186. The van der Waals surface area contributed by atoms with Gasteiger partial charge in [0.15, 0.2) is 0 Å². The molecule has 0 aromatic heterocycles. The monoisotopic (exact) mass is 581 g/mol. The molecule has 0 spiro atoms. The molecule has 2 aliphatic carbocycles. The van der Waals surface area contributed by atoms with Crippen molar-refractivity contribution in [2.45, 2.75) is 23.2 Å². The minimum atomic E-state index is -0.521. The summed E-state index contributed by atoms with van der Waals surface area (Å²) in [5.41, 5.74) is 16.4. The molecule has 3 aliphatic rings. The highest BCUT2D eigenvalue weighted by Gasteiger charge is 2.47. The van der Waals surface area contributed by atoms with Crippen molar-refractivity contribution in [2.75, 3.05) is 4.90 Å². The summed E-state index contributed by atoms with van der Waals surface area (Å²) in [5, 5.41) is 2.27. The van der Waals surface area contributed by atoms with Crippen LogP contribution in [0.3, 0.4) is 0 Å². The Morgan fingerprint density at radius 1 is 0.682 bits per heavy atom. The van der Waals surface area contributed by atoms with Crippen LogP contribution < -0.4 is 4.90 Å². The van der Waals surface area contributed by atoms with E-state index in [0.717, 1.165) is 29.9 Å². The van der Waals surface area contributed by atoms with Gasteiger partial charge in [0, 0.05) is 16.3 Å². The van der Waals surface area contributed by atoms with E-state index in [1.807, 2.05) is 17.8 Å². The third-order valence-corrected chi connectivity index (χ3v) is 10.0. The van der Waals surface area contributed by atoms with E-state index in [4.69, 9.17) is 0 Å². The van der Waals surface area contributed by atoms with Gasteiger partial charge in [0.25, 0.3) is 0 Å². The maximum absolute atomic E-state index is 4.55. The van der Waals surface area contributed by atoms with Gasteiger partial charge in [-0.3, -0.25) is 0 Å². The number of fused-ring (bicyclic) bond motifs is 4. The van der Waals surface area contributed by atoms with Crippen LogP contribution in [0.4, 0.5) is 11.4 Å². The van der Waals surface area contributed by atoms with E-state index >= 15 is 0 Å². The van der Waals surface area contributed by atoms with E-state index in [2.05, 4.69) is 162 Å². The van der Waals surface area contributed by atoms with Gasteiger partial charge in [0.1, 0.15) is 0 Å². The molecule has 5 aromatic carbocycles. The lowest BCUT2D eigenvalue weighted by atomic mass is 9.67. The molecule has 5 aromatic rings. The number of anilines is 2. The molecule has 44 heavy (non-hydrogen) atoms. The second kappa shape index (κ2) is 10.9. The van der Waals surface area contributed by atoms with Crippen LogP contribution in [0.25, 0.3) is 16.7 Å². The maximum Gasteiger partial charge on any atom is 0.0890 e. The Balaban J connectivity index is 1.46. The van der Waals surface area contributed by atoms with Crippen molar-refractivity contribution in [1.82, 2.24) is 0 Å². The molecule has 1 heterocycles. The number of para-hydroxylation sites is 1. The molecule has 0 atom stereocenters. The van der Waals surface area contributed by atoms with E-state index in [9.17, 15) is 0 Å². The molecule has 0 amide bonds. The Hall–Kier alpha value is -5.01. The minimum absolute atomic E-state index is 0.521. The van der Waals surface area contributed by atoms with Gasteiger partial charge in [0.2, 0.25) is 0 Å². The lowest BCUT2D eigenvalue weighted by Gasteiger charge is -2.37. The molecule has 0 radical (unpaired) electrons. The third-order valence-electron chi connectivity index (χ3n) is 9.02. The van der Waals surface area contributed by atoms with Crippen LogP contribution in [-0.4, -0.2) is 0 Å². The van der Waals surface area contributed by atoms with Crippen LogP contribution in [-0.2, 0) is 5.41 Å². The van der Waals surface area contributed by atoms with Crippen LogP contribution in [0, 0.1) is 0 Å². The van der Waals surface area contributed by atoms with Crippen LogP contribution in [0.15, 0.2) is 174 Å². The Labute approximate surface area is 263 Å². The summed E-state index contributed by atoms with van der Waals surface area (Å²) in [6.07, 6.45) is 10.4. The van der Waals surface area contributed by atoms with Crippen molar-refractivity contribution in [1.29, 1.82) is 0 Å². The number of hydrogen-bond acceptors (Lipinski definition) is 2. The van der Waals surface area contributed by atoms with Crippen LogP contribution >= 0.6 is 11.8 Å². The predicted molar refractivity (Wildman–Crippen MR) is 186 cm³/mol. The van der Waals surface area contributed by atoms with Crippen molar-refractivity contribution < 1.29 is 0 Å². The van der Waals surface area contributed by atoms with Gasteiger partial charge >= 0.3 is 0 Å². The summed E-state index contributed by atoms with van der Waals surface area (Å²) in [4.78, 5) is 3.59. The fourth-order valence-corrected chi connectivity index (χ4v) is 8.20. The number of thioether (sulfide) groups is 1. The zero-order valence-corrected chi connectivity index (χ0v) is 25.2. The molecule has 0 unspecified atom stereocenters. The first kappa shape index (κ1) is 26.6. The molecule has 1 aliphatic heterocycles. The highest BCUT2D eigenvalue weighted by Crippen LogP contribution is 2.58. The van der Waals surface area contributed by atoms with E-state index < -0.39 is 5.41 Å². The zero-order chi connectivity index (χ0) is 29.5. The first-order valence-corrected chi connectivity index (χ1v) is 16.1. The topological polar surface area (TPSA) is 3.24 Å². The largest absolute Gasteiger partial charge is 0.304 e. The Bertz CT molecular complexity index is 2010. The first-order valence-electron chi connectivity index (χ1n) is 15.2. The van der Waals surface area contributed by atoms with E-state index in [0.29, 0.717) is 0 Å². The summed E-state index contributed by atoms with van der Waals surface area (Å²) in [5.74, 6) is 0. The van der Waals surface area contributed by atoms with Crippen molar-refractivity contribution in [3.05, 3.63) is 197 Å². The highest BCUT2D eigenvalue weighted by molar-refractivity contribution is 8.02. The van der Waals surface area contributed by atoms with Crippen LogP contribution in [0.5, 0.6) is 0 Å². The number of hydrogen-bond donors (Lipinski definition) is 0. The molecule has 0 bridgehead atoms. The Kier molecular flexibility index (Phi) is 6.60. The van der Waals surface area contributed by atoms with E-state index in [1.165, 1.54) is 49.4 Å². The number of benzene rings is 5. The number of rotatable bonds is 5. The summed E-state index contributed by atoms with van der Waals surface area (Å²) in [6, 6.07) is 44.5. The van der Waals surface area contributed by atoms with Crippen molar-refractivity contribution in [3.8, 4) is 11.1 Å². The second-order valence-corrected chi connectivity index (χ2v) is 12.3. The summed E-state index contributed by atoms with van der Waals surface area (Å²) in [6.45, 7) is 4.55. The number of allylic oxidation sites excluding steroid dienone is 4. The Morgan fingerprint density at radius 2 is 1.34 bits per heavy atom. The van der Waals surface area contributed by atoms with Crippen LogP contribution in [0.2, 0.25) is 0 Å². The average Bonchev–Trinajstić information content (AvgIpc) is 3.70. The summed E-state index contributed by atoms with van der Waals surface area (Å²) >= 11 is 1.83. The SMILES string of the molecule is C=C1CC/C=C\Sc2c1cccc2C1(c2cccc(N(C3=C=CC=C3)c3ccccc3)c2)c2ccccc2-c2ccccc21. The summed E-state index contributed by atoms with van der Waals surface area (Å²) < 4.78 is 0. The van der Waals surface area contributed by atoms with Gasteiger partial charge in [-0.1, -0.05) is 133 Å². The lowest BCUT2D eigenvalue weighted by Crippen LogP contribution is -2.30. The maximum atomic E-state index is 4.55. The average molecular weight is 582 g/mol. The van der Waals surface area contributed by atoms with Gasteiger partial charge in [-0.15, -0.1) is 0 Å². The van der Waals surface area contributed by atoms with E-state index in [1.54, 1.807) is 0 Å². The molecule has 0 saturated heterocycles. The molecule has 210 valence electrons. The molecule has 0 N–H and O–H groups in total. The lowest BCUT2D eigenvalue weighted by molar-refractivity contribution is 0.748. The minimum Gasteiger partial charge on any atom is -0.304 e. The molecule has 1 nitrogen and oxygen atoms in total. The Morgan fingerprint density at radius 3 is 2.09 bits per heavy atom. The van der Waals surface area contributed by atoms with Gasteiger partial charge in [-0.05, 0) is 99.2 Å². The molecule has 8 rings (SSSR count). The molecular weight excluding hydrogens is 551 g/mol. The van der Waals surface area contributed by atoms with Crippen molar-refractivity contribution in [3.63, 3.8) is 0 Å². The zero-order valence-electron chi connectivity index (χ0n) is 24.4. The van der Waals surface area contributed by atoms with E-state index in [-0.39, 0.29) is 0 Å². The fraction of sp³-hybridized carbons (Fsp3) is 0.0714. The van der Waals surface area contributed by atoms with Gasteiger partial charge in [-0.2, -0.15) is 0 Å². The van der Waals surface area contributed by atoms with Gasteiger partial charge < -0.3 is 4.90 Å². The smallest absolute Gasteiger partial charge is 0.0890 e.